The maximum absolute atomic E-state index is 11.6. The van der Waals surface area contributed by atoms with Gasteiger partial charge in [-0.2, -0.15) is 0 Å². The number of ether oxygens (including phenoxy) is 1. The number of halogens is 1. The quantitative estimate of drug-likeness (QED) is 0.644. The fraction of sp³-hybridized carbons (Fsp3) is 0.143. The molecule has 7 heteroatoms. The summed E-state index contributed by atoms with van der Waals surface area (Å²) in [5.41, 5.74) is 2.45. The summed E-state index contributed by atoms with van der Waals surface area (Å²) in [5.74, 6) is -0.394. The molecule has 4 nitrogen and oxygen atoms in total. The van der Waals surface area contributed by atoms with Gasteiger partial charge in [0.1, 0.15) is 4.88 Å². The number of aryl methyl sites for hydroxylation is 1. The van der Waals surface area contributed by atoms with Crippen molar-refractivity contribution in [1.82, 2.24) is 0 Å². The molecule has 2 aromatic rings. The van der Waals surface area contributed by atoms with Crippen LogP contribution in [0.2, 0.25) is 5.02 Å². The second-order valence-corrected chi connectivity index (χ2v) is 5.95. The number of hydrogen-bond acceptors (Lipinski definition) is 4. The highest BCUT2D eigenvalue weighted by Crippen LogP contribution is 2.24. The fourth-order valence-corrected chi connectivity index (χ4v) is 2.82. The lowest BCUT2D eigenvalue weighted by Gasteiger charge is -2.12. The molecular weight excluding hydrogens is 328 g/mol. The molecule has 0 saturated carbocycles. The van der Waals surface area contributed by atoms with Crippen molar-refractivity contribution in [3.8, 4) is 0 Å². The Hall–Kier alpha value is -1.63. The molecule has 0 aliphatic rings. The third-order valence-corrected chi connectivity index (χ3v) is 4.07. The molecule has 0 spiro atoms. The van der Waals surface area contributed by atoms with Crippen molar-refractivity contribution < 1.29 is 9.53 Å². The highest BCUT2D eigenvalue weighted by atomic mass is 35.5. The minimum Gasteiger partial charge on any atom is -0.465 e. The normalized spacial score (nSPS) is 10.0. The molecule has 0 saturated heterocycles. The number of thiocarbonyl (C=S) groups is 1. The highest BCUT2D eigenvalue weighted by Gasteiger charge is 2.14. The zero-order valence-corrected chi connectivity index (χ0v) is 13.8. The van der Waals surface area contributed by atoms with E-state index in [1.54, 1.807) is 17.5 Å². The molecule has 0 fully saturated rings. The molecule has 1 heterocycles. The second-order valence-electron chi connectivity index (χ2n) is 4.19. The van der Waals surface area contributed by atoms with E-state index in [2.05, 4.69) is 10.6 Å². The molecule has 0 amide bonds. The first-order valence-electron chi connectivity index (χ1n) is 6.01. The van der Waals surface area contributed by atoms with E-state index in [0.29, 0.717) is 20.7 Å². The summed E-state index contributed by atoms with van der Waals surface area (Å²) in [6.07, 6.45) is 0. The molecule has 2 N–H and O–H groups in total. The van der Waals surface area contributed by atoms with Crippen LogP contribution < -0.4 is 10.6 Å². The summed E-state index contributed by atoms with van der Waals surface area (Å²) in [4.78, 5) is 12.1. The summed E-state index contributed by atoms with van der Waals surface area (Å²) in [7, 11) is 1.34. The van der Waals surface area contributed by atoms with E-state index < -0.39 is 5.97 Å². The maximum atomic E-state index is 11.6. The third-order valence-electron chi connectivity index (χ3n) is 2.73. The van der Waals surface area contributed by atoms with Gasteiger partial charge in [0.2, 0.25) is 0 Å². The van der Waals surface area contributed by atoms with Crippen molar-refractivity contribution in [3.63, 3.8) is 0 Å². The molecule has 21 heavy (non-hydrogen) atoms. The van der Waals surface area contributed by atoms with Gasteiger partial charge in [-0.3, -0.25) is 0 Å². The van der Waals surface area contributed by atoms with Gasteiger partial charge in [0.05, 0.1) is 12.8 Å². The Labute approximate surface area is 137 Å². The smallest absolute Gasteiger partial charge is 0.350 e. The summed E-state index contributed by atoms with van der Waals surface area (Å²) in [6.45, 7) is 1.95. The SMILES string of the molecule is COC(=O)c1sccc1NC(=S)Nc1cc(Cl)ccc1C. The van der Waals surface area contributed by atoms with Gasteiger partial charge in [-0.1, -0.05) is 17.7 Å². The van der Waals surface area contributed by atoms with Crippen molar-refractivity contribution in [1.29, 1.82) is 0 Å². The predicted octanol–water partition coefficient (Wildman–Crippen LogP) is 4.31. The number of methoxy groups -OCH3 is 1. The lowest BCUT2D eigenvalue weighted by Crippen LogP contribution is -2.20. The Morgan fingerprint density at radius 1 is 1.29 bits per heavy atom. The summed E-state index contributed by atoms with van der Waals surface area (Å²) >= 11 is 12.5. The van der Waals surface area contributed by atoms with E-state index in [1.165, 1.54) is 18.4 Å². The van der Waals surface area contributed by atoms with E-state index in [4.69, 9.17) is 28.6 Å². The first-order chi connectivity index (χ1) is 10.0. The van der Waals surface area contributed by atoms with Gasteiger partial charge in [0, 0.05) is 10.7 Å². The number of rotatable bonds is 3. The van der Waals surface area contributed by atoms with Crippen LogP contribution in [0, 0.1) is 6.92 Å². The summed E-state index contributed by atoms with van der Waals surface area (Å²) in [5, 5.41) is 8.84. The first kappa shape index (κ1) is 15.8. The minimum atomic E-state index is -0.394. The zero-order valence-electron chi connectivity index (χ0n) is 11.4. The number of esters is 1. The lowest BCUT2D eigenvalue weighted by molar-refractivity contribution is 0.0607. The average Bonchev–Trinajstić information content (AvgIpc) is 2.90. The van der Waals surface area contributed by atoms with E-state index in [0.717, 1.165) is 11.3 Å². The summed E-state index contributed by atoms with van der Waals surface area (Å²) in [6, 6.07) is 7.28. The van der Waals surface area contributed by atoms with Crippen molar-refractivity contribution in [2.75, 3.05) is 17.7 Å². The molecule has 0 aliphatic heterocycles. The lowest BCUT2D eigenvalue weighted by atomic mass is 10.2. The zero-order chi connectivity index (χ0) is 15.4. The van der Waals surface area contributed by atoms with E-state index >= 15 is 0 Å². The first-order valence-corrected chi connectivity index (χ1v) is 7.68. The highest BCUT2D eigenvalue weighted by molar-refractivity contribution is 7.80. The van der Waals surface area contributed by atoms with Gasteiger partial charge in [-0.05, 0) is 48.3 Å². The van der Waals surface area contributed by atoms with Crippen LogP contribution in [0.25, 0.3) is 0 Å². The van der Waals surface area contributed by atoms with Gasteiger partial charge in [-0.25, -0.2) is 4.79 Å². The number of nitrogens with one attached hydrogen (secondary N) is 2. The largest absolute Gasteiger partial charge is 0.465 e. The molecule has 1 aromatic heterocycles. The predicted molar refractivity (Wildman–Crippen MR) is 91.7 cm³/mol. The Morgan fingerprint density at radius 3 is 2.71 bits per heavy atom. The minimum absolute atomic E-state index is 0.379. The second kappa shape index (κ2) is 6.89. The van der Waals surface area contributed by atoms with Gasteiger partial charge in [-0.15, -0.1) is 11.3 Å². The third kappa shape index (κ3) is 3.93. The number of hydrogen-bond donors (Lipinski definition) is 2. The number of anilines is 2. The number of thiophene rings is 1. The molecule has 2 rings (SSSR count). The van der Waals surface area contributed by atoms with Crippen LogP contribution in [0.3, 0.4) is 0 Å². The van der Waals surface area contributed by atoms with Gasteiger partial charge in [0.25, 0.3) is 0 Å². The molecule has 0 radical (unpaired) electrons. The van der Waals surface area contributed by atoms with Crippen molar-refractivity contribution in [2.24, 2.45) is 0 Å². The molecule has 1 aromatic carbocycles. The topological polar surface area (TPSA) is 50.4 Å². The van der Waals surface area contributed by atoms with E-state index in [1.807, 2.05) is 19.1 Å². The fourth-order valence-electron chi connectivity index (χ4n) is 1.66. The van der Waals surface area contributed by atoms with Crippen LogP contribution in [0.1, 0.15) is 15.2 Å². The van der Waals surface area contributed by atoms with Crippen LogP contribution in [0.15, 0.2) is 29.6 Å². The van der Waals surface area contributed by atoms with E-state index in [9.17, 15) is 4.79 Å². The molecular formula is C14H13ClN2O2S2. The van der Waals surface area contributed by atoms with Crippen molar-refractivity contribution in [3.05, 3.63) is 45.1 Å². The average molecular weight is 341 g/mol. The molecule has 0 atom stereocenters. The Bertz CT molecular complexity index is 685. The van der Waals surface area contributed by atoms with Crippen LogP contribution in [0.5, 0.6) is 0 Å². The van der Waals surface area contributed by atoms with Crippen molar-refractivity contribution in [2.45, 2.75) is 6.92 Å². The number of carbonyl (C=O) groups excluding carboxylic acids is 1. The van der Waals surface area contributed by atoms with Crippen LogP contribution in [-0.4, -0.2) is 18.2 Å². The monoisotopic (exact) mass is 340 g/mol. The van der Waals surface area contributed by atoms with Crippen LogP contribution >= 0.6 is 35.2 Å². The molecule has 110 valence electrons. The molecule has 0 unspecified atom stereocenters. The molecule has 0 bridgehead atoms. The Kier molecular flexibility index (Phi) is 5.17. The Balaban J connectivity index is 2.10. The van der Waals surface area contributed by atoms with Crippen molar-refractivity contribution >= 4 is 57.6 Å². The van der Waals surface area contributed by atoms with Gasteiger partial charge < -0.3 is 15.4 Å². The van der Waals surface area contributed by atoms with Gasteiger partial charge >= 0.3 is 5.97 Å². The van der Waals surface area contributed by atoms with Crippen LogP contribution in [-0.2, 0) is 4.74 Å². The summed E-state index contributed by atoms with van der Waals surface area (Å²) < 4.78 is 4.72. The number of benzene rings is 1. The maximum Gasteiger partial charge on any atom is 0.350 e. The number of carbonyl (C=O) groups is 1. The Morgan fingerprint density at radius 2 is 2.00 bits per heavy atom. The standard InChI is InChI=1S/C14H13ClN2O2S2/c1-8-3-4-9(15)7-11(8)17-14(20)16-10-5-6-21-12(10)13(18)19-2/h3-7H,1-2H3,(H2,16,17,20). The van der Waals surface area contributed by atoms with Crippen LogP contribution in [0.4, 0.5) is 11.4 Å². The van der Waals surface area contributed by atoms with E-state index in [-0.39, 0.29) is 0 Å². The molecule has 0 aliphatic carbocycles. The van der Waals surface area contributed by atoms with Gasteiger partial charge in [0.15, 0.2) is 5.11 Å².